The highest BCUT2D eigenvalue weighted by Gasteiger charge is 2.76. The summed E-state index contributed by atoms with van der Waals surface area (Å²) in [5.74, 6) is -8.60. The van der Waals surface area contributed by atoms with E-state index >= 15 is 0 Å². The molecule has 2 saturated heterocycles. The van der Waals surface area contributed by atoms with Gasteiger partial charge in [-0.25, -0.2) is 9.69 Å². The highest BCUT2D eigenvalue weighted by molar-refractivity contribution is 9.10. The first-order valence-electron chi connectivity index (χ1n) is 13.2. The number of aromatic hydroxyl groups is 2. The highest BCUT2D eigenvalue weighted by Crippen LogP contribution is 2.66. The minimum atomic E-state index is -2.04. The Hall–Kier alpha value is -3.13. The number of fused-ring (bicyclic) bond motifs is 4. The molecule has 0 radical (unpaired) electrons. The zero-order valence-corrected chi connectivity index (χ0v) is 27.3. The van der Waals surface area contributed by atoms with E-state index in [2.05, 4.69) is 31.9 Å². The lowest BCUT2D eigenvalue weighted by molar-refractivity contribution is -0.138. The van der Waals surface area contributed by atoms with E-state index in [-0.39, 0.29) is 40.0 Å². The Morgan fingerprint density at radius 1 is 1.07 bits per heavy atom. The Bertz CT molecular complexity index is 1730. The van der Waals surface area contributed by atoms with Crippen LogP contribution < -0.4 is 9.64 Å². The third kappa shape index (κ3) is 3.95. The van der Waals surface area contributed by atoms with Crippen molar-refractivity contribution in [1.82, 2.24) is 4.90 Å². The van der Waals surface area contributed by atoms with Gasteiger partial charge < -0.3 is 20.1 Å². The number of rotatable bonds is 5. The lowest BCUT2D eigenvalue weighted by Gasteiger charge is -2.50. The molecule has 0 aromatic heterocycles. The molecule has 4 amide bonds. The topological polar surface area (TPSA) is 162 Å². The molecule has 11 nitrogen and oxygen atoms in total. The van der Waals surface area contributed by atoms with Crippen LogP contribution in [-0.4, -0.2) is 72.1 Å². The number of carboxylic acids is 1. The number of nitrogens with zero attached hydrogens (tertiary/aromatic N) is 2. The van der Waals surface area contributed by atoms with E-state index in [1.807, 2.05) is 0 Å². The molecule has 2 aliphatic heterocycles. The van der Waals surface area contributed by atoms with Crippen LogP contribution >= 0.6 is 55.1 Å². The van der Waals surface area contributed by atoms with Crippen LogP contribution in [0.3, 0.4) is 0 Å². The van der Waals surface area contributed by atoms with Gasteiger partial charge in [-0.2, -0.15) is 0 Å². The van der Waals surface area contributed by atoms with Gasteiger partial charge in [0.1, 0.15) is 11.3 Å². The lowest BCUT2D eigenvalue weighted by atomic mass is 9.56. The number of alkyl halides is 3. The molecule has 2 heterocycles. The van der Waals surface area contributed by atoms with Crippen LogP contribution in [-0.2, 0) is 19.2 Å². The fourth-order valence-corrected chi connectivity index (χ4v) is 9.02. The van der Waals surface area contributed by atoms with Crippen LogP contribution in [0.2, 0.25) is 0 Å². The molecular formula is C29H22Br2Cl2N2O9. The van der Waals surface area contributed by atoms with Gasteiger partial charge in [0.05, 0.1) is 34.6 Å². The van der Waals surface area contributed by atoms with Gasteiger partial charge in [0.15, 0.2) is 21.2 Å². The van der Waals surface area contributed by atoms with Crippen molar-refractivity contribution >= 4 is 90.3 Å². The van der Waals surface area contributed by atoms with E-state index in [1.165, 1.54) is 25.3 Å². The minimum Gasteiger partial charge on any atom is -0.507 e. The molecule has 1 saturated carbocycles. The third-order valence-corrected chi connectivity index (χ3v) is 11.6. The number of halogens is 4. The number of allylic oxidation sites excluding steroid dienone is 2. The van der Waals surface area contributed by atoms with Crippen LogP contribution in [0.1, 0.15) is 34.7 Å². The molecule has 4 aliphatic rings. The van der Waals surface area contributed by atoms with Crippen molar-refractivity contribution in [3.8, 4) is 17.2 Å². The zero-order chi connectivity index (χ0) is 32.0. The van der Waals surface area contributed by atoms with E-state index in [9.17, 15) is 39.3 Å². The lowest BCUT2D eigenvalue weighted by Crippen LogP contribution is -2.60. The number of anilines is 1. The number of methoxy groups -OCH3 is 1. The number of carbonyl (C=O) groups is 5. The highest BCUT2D eigenvalue weighted by atomic mass is 79.9. The third-order valence-electron chi connectivity index (χ3n) is 9.09. The average Bonchev–Trinajstić information content (AvgIpc) is 3.31. The summed E-state index contributed by atoms with van der Waals surface area (Å²) < 4.78 is 5.56. The standard InChI is InChI=1S/C29H22Br2Cl2N2O9/c1-44-19-7-11(6-17(31)22(19)37)21-13-4-5-15-20(16(13)9-28(32)26(42)34(10-30)27(43)29(21,28)33)24(39)35(23(15)38)12-2-3-14(25(40)41)18(36)8-12/h2-4,6-8,15-16,20-21,36-37H,5,9-10H2,1H3,(H,40,41)/t15-,16+,20-,21-,28+,29-/m0/s1. The predicted molar refractivity (Wildman–Crippen MR) is 163 cm³/mol. The first kappa shape index (κ1) is 30.9. The molecule has 3 fully saturated rings. The summed E-state index contributed by atoms with van der Waals surface area (Å²) >= 11 is 20.9. The van der Waals surface area contributed by atoms with Gasteiger partial charge in [-0.3, -0.25) is 24.1 Å². The van der Waals surface area contributed by atoms with Gasteiger partial charge >= 0.3 is 5.97 Å². The van der Waals surface area contributed by atoms with Crippen LogP contribution in [0.25, 0.3) is 0 Å². The number of phenols is 2. The molecule has 0 bridgehead atoms. The summed E-state index contributed by atoms with van der Waals surface area (Å²) in [6.45, 7) is 0. The molecule has 2 aromatic rings. The summed E-state index contributed by atoms with van der Waals surface area (Å²) in [6, 6.07) is 6.41. The van der Waals surface area contributed by atoms with Gasteiger partial charge in [0.25, 0.3) is 11.8 Å². The second-order valence-electron chi connectivity index (χ2n) is 11.1. The second-order valence-corrected chi connectivity index (χ2v) is 13.7. The number of carboxylic acid groups (broad SMARTS) is 1. The second kappa shape index (κ2) is 10.5. The van der Waals surface area contributed by atoms with Crippen molar-refractivity contribution in [2.24, 2.45) is 17.8 Å². The Morgan fingerprint density at radius 2 is 1.77 bits per heavy atom. The van der Waals surface area contributed by atoms with E-state index in [0.29, 0.717) is 11.1 Å². The van der Waals surface area contributed by atoms with Gasteiger partial charge in [-0.1, -0.05) is 27.6 Å². The molecule has 230 valence electrons. The number of phenolic OH excluding ortho intramolecular Hbond substituents is 1. The van der Waals surface area contributed by atoms with Gasteiger partial charge in [-0.05, 0) is 64.5 Å². The van der Waals surface area contributed by atoms with Gasteiger partial charge in [0, 0.05) is 12.0 Å². The van der Waals surface area contributed by atoms with Gasteiger partial charge in [-0.15, -0.1) is 23.2 Å². The largest absolute Gasteiger partial charge is 0.507 e. The molecule has 2 aromatic carbocycles. The Morgan fingerprint density at radius 3 is 2.39 bits per heavy atom. The smallest absolute Gasteiger partial charge is 0.339 e. The summed E-state index contributed by atoms with van der Waals surface area (Å²) in [5, 5.41) is 30.1. The molecule has 2 aliphatic carbocycles. The average molecular weight is 773 g/mol. The number of amides is 4. The fraction of sp³-hybridized carbons (Fsp3) is 0.345. The molecule has 6 atom stereocenters. The summed E-state index contributed by atoms with van der Waals surface area (Å²) in [4.78, 5) is 64.6. The SMILES string of the molecule is COc1cc([C@H]2C3=CC[C@@H]4C(=O)N(c5ccc(C(=O)O)c(O)c5)C(=O)[C@@H]4[C@@H]3C[C@@]3(Cl)C(=O)N(CBr)C(=O)[C@@]23Cl)cc(Br)c1O. The quantitative estimate of drug-likeness (QED) is 0.172. The van der Waals surface area contributed by atoms with E-state index in [4.69, 9.17) is 27.9 Å². The normalized spacial score (nSPS) is 31.1. The Balaban J connectivity index is 1.51. The van der Waals surface area contributed by atoms with Crippen LogP contribution in [0.4, 0.5) is 5.69 Å². The number of benzene rings is 2. The molecule has 0 unspecified atom stereocenters. The predicted octanol–water partition coefficient (Wildman–Crippen LogP) is 4.48. The number of hydrogen-bond acceptors (Lipinski definition) is 8. The van der Waals surface area contributed by atoms with Gasteiger partial charge in [0.2, 0.25) is 11.8 Å². The van der Waals surface area contributed by atoms with E-state index in [0.717, 1.165) is 21.9 Å². The van der Waals surface area contributed by atoms with E-state index in [1.54, 1.807) is 6.08 Å². The molecule has 3 N–H and O–H groups in total. The van der Waals surface area contributed by atoms with Crippen molar-refractivity contribution < 1.29 is 44.0 Å². The number of likely N-dealkylation sites (tertiary alicyclic amines) is 1. The maximum atomic E-state index is 14.1. The first-order chi connectivity index (χ1) is 20.7. The van der Waals surface area contributed by atoms with E-state index < -0.39 is 74.3 Å². The monoisotopic (exact) mass is 770 g/mol. The van der Waals surface area contributed by atoms with Crippen molar-refractivity contribution in [3.05, 3.63) is 57.6 Å². The Labute approximate surface area is 276 Å². The van der Waals surface area contributed by atoms with Crippen molar-refractivity contribution in [2.75, 3.05) is 17.5 Å². The number of hydrogen-bond donors (Lipinski definition) is 3. The molecule has 0 spiro atoms. The fourth-order valence-electron chi connectivity index (χ4n) is 7.14. The maximum absolute atomic E-state index is 14.1. The van der Waals surface area contributed by atoms with Crippen molar-refractivity contribution in [1.29, 1.82) is 0 Å². The summed E-state index contributed by atoms with van der Waals surface area (Å²) in [6.07, 6.45) is 1.61. The van der Waals surface area contributed by atoms with Crippen LogP contribution in [0.15, 0.2) is 46.5 Å². The maximum Gasteiger partial charge on any atom is 0.339 e. The zero-order valence-electron chi connectivity index (χ0n) is 22.6. The summed E-state index contributed by atoms with van der Waals surface area (Å²) in [7, 11) is 1.34. The Kier molecular flexibility index (Phi) is 7.34. The first-order valence-corrected chi connectivity index (χ1v) is 15.9. The molecule has 6 rings (SSSR count). The number of carbonyl (C=O) groups excluding carboxylic acids is 4. The van der Waals surface area contributed by atoms with Crippen LogP contribution in [0.5, 0.6) is 17.2 Å². The molecule has 44 heavy (non-hydrogen) atoms. The number of ether oxygens (including phenoxy) is 1. The number of aromatic carboxylic acids is 1. The van der Waals surface area contributed by atoms with Crippen LogP contribution in [0, 0.1) is 17.8 Å². The molecular weight excluding hydrogens is 751 g/mol. The van der Waals surface area contributed by atoms with Crippen molar-refractivity contribution in [3.63, 3.8) is 0 Å². The molecule has 15 heteroatoms. The minimum absolute atomic E-state index is 0.0112. The number of imide groups is 2. The summed E-state index contributed by atoms with van der Waals surface area (Å²) in [5.41, 5.74) is 0.314. The van der Waals surface area contributed by atoms with Crippen molar-refractivity contribution in [2.45, 2.75) is 28.5 Å².